The molecule has 0 aliphatic rings. The summed E-state index contributed by atoms with van der Waals surface area (Å²) >= 11 is 0. The molecule has 0 heterocycles. The molecular formula is C18H27NO3. The van der Waals surface area contributed by atoms with Crippen molar-refractivity contribution in [1.82, 2.24) is 5.32 Å². The van der Waals surface area contributed by atoms with Crippen molar-refractivity contribution < 1.29 is 14.7 Å². The smallest absolute Gasteiger partial charge is 0.335 e. The molecule has 1 unspecified atom stereocenters. The summed E-state index contributed by atoms with van der Waals surface area (Å²) < 4.78 is 0. The highest BCUT2D eigenvalue weighted by molar-refractivity contribution is 5.91. The first-order chi connectivity index (χ1) is 10.2. The standard InChI is InChI=1S/C18H27NO3/c1-13(12-18(2,3)4)9-10-19-16(20)11-14-7-5-6-8-15(14)17(21)22/h5-8,13H,9-12H2,1-4H3,(H,19,20)(H,21,22). The molecule has 22 heavy (non-hydrogen) atoms. The summed E-state index contributed by atoms with van der Waals surface area (Å²) in [5.74, 6) is -0.578. The van der Waals surface area contributed by atoms with E-state index < -0.39 is 5.97 Å². The van der Waals surface area contributed by atoms with Crippen molar-refractivity contribution in [1.29, 1.82) is 0 Å². The third-order valence-corrected chi connectivity index (χ3v) is 3.52. The molecule has 0 radical (unpaired) electrons. The lowest BCUT2D eigenvalue weighted by atomic mass is 9.84. The predicted molar refractivity (Wildman–Crippen MR) is 88.0 cm³/mol. The summed E-state index contributed by atoms with van der Waals surface area (Å²) in [5.41, 5.74) is 1.04. The van der Waals surface area contributed by atoms with E-state index >= 15 is 0 Å². The highest BCUT2D eigenvalue weighted by Gasteiger charge is 2.16. The van der Waals surface area contributed by atoms with Gasteiger partial charge in [-0.3, -0.25) is 4.79 Å². The van der Waals surface area contributed by atoms with E-state index in [1.54, 1.807) is 18.2 Å². The van der Waals surface area contributed by atoms with E-state index in [1.165, 1.54) is 6.07 Å². The van der Waals surface area contributed by atoms with Crippen LogP contribution in [0.25, 0.3) is 0 Å². The number of carboxylic acid groups (broad SMARTS) is 1. The van der Waals surface area contributed by atoms with Gasteiger partial charge in [0.1, 0.15) is 0 Å². The first-order valence-corrected chi connectivity index (χ1v) is 7.77. The van der Waals surface area contributed by atoms with Crippen molar-refractivity contribution in [3.05, 3.63) is 35.4 Å². The molecule has 1 atom stereocenters. The summed E-state index contributed by atoms with van der Waals surface area (Å²) in [6.45, 7) is 9.46. The maximum absolute atomic E-state index is 11.9. The Hall–Kier alpha value is -1.84. The molecule has 0 aliphatic carbocycles. The number of carboxylic acids is 1. The SMILES string of the molecule is CC(CCNC(=O)Cc1ccccc1C(=O)O)CC(C)(C)C. The van der Waals surface area contributed by atoms with Gasteiger partial charge in [0.2, 0.25) is 5.91 Å². The zero-order valence-corrected chi connectivity index (χ0v) is 14.0. The van der Waals surface area contributed by atoms with Crippen molar-refractivity contribution in [2.45, 2.75) is 47.0 Å². The van der Waals surface area contributed by atoms with Crippen molar-refractivity contribution in [2.24, 2.45) is 11.3 Å². The fourth-order valence-corrected chi connectivity index (χ4v) is 2.72. The van der Waals surface area contributed by atoms with Crippen LogP contribution in [0.3, 0.4) is 0 Å². The van der Waals surface area contributed by atoms with Crippen LogP contribution >= 0.6 is 0 Å². The van der Waals surface area contributed by atoms with Gasteiger partial charge in [0.15, 0.2) is 0 Å². The van der Waals surface area contributed by atoms with Gasteiger partial charge < -0.3 is 10.4 Å². The molecule has 1 amide bonds. The molecule has 0 saturated heterocycles. The van der Waals surface area contributed by atoms with Crippen molar-refractivity contribution in [3.63, 3.8) is 0 Å². The van der Waals surface area contributed by atoms with Crippen LogP contribution in [0.2, 0.25) is 0 Å². The molecule has 0 aliphatic heterocycles. The lowest BCUT2D eigenvalue weighted by molar-refractivity contribution is -0.120. The molecule has 1 rings (SSSR count). The molecule has 4 heteroatoms. The highest BCUT2D eigenvalue weighted by Crippen LogP contribution is 2.25. The molecule has 0 aromatic heterocycles. The first-order valence-electron chi connectivity index (χ1n) is 7.77. The number of carbonyl (C=O) groups is 2. The van der Waals surface area contributed by atoms with Gasteiger partial charge in [-0.2, -0.15) is 0 Å². The summed E-state index contributed by atoms with van der Waals surface area (Å²) in [6.07, 6.45) is 2.16. The van der Waals surface area contributed by atoms with Crippen LogP contribution in [0.1, 0.15) is 56.5 Å². The largest absolute Gasteiger partial charge is 0.478 e. The Kier molecular flexibility index (Phi) is 6.60. The first kappa shape index (κ1) is 18.2. The van der Waals surface area contributed by atoms with Crippen molar-refractivity contribution >= 4 is 11.9 Å². The number of amides is 1. The van der Waals surface area contributed by atoms with Gasteiger partial charge in [0.25, 0.3) is 0 Å². The minimum atomic E-state index is -0.998. The maximum atomic E-state index is 11.9. The topological polar surface area (TPSA) is 66.4 Å². The van der Waals surface area contributed by atoms with Crippen molar-refractivity contribution in [3.8, 4) is 0 Å². The van der Waals surface area contributed by atoms with E-state index in [9.17, 15) is 9.59 Å². The van der Waals surface area contributed by atoms with Crippen LogP contribution in [0.15, 0.2) is 24.3 Å². The number of hydrogen-bond donors (Lipinski definition) is 2. The summed E-state index contributed by atoms with van der Waals surface area (Å²) in [6, 6.07) is 6.63. The lowest BCUT2D eigenvalue weighted by Gasteiger charge is -2.23. The van der Waals surface area contributed by atoms with Crippen LogP contribution in [-0.2, 0) is 11.2 Å². The van der Waals surface area contributed by atoms with Crippen LogP contribution < -0.4 is 5.32 Å². The molecule has 1 aromatic rings. The van der Waals surface area contributed by atoms with E-state index in [-0.39, 0.29) is 17.9 Å². The summed E-state index contributed by atoms with van der Waals surface area (Å²) in [5, 5.41) is 12.0. The maximum Gasteiger partial charge on any atom is 0.335 e. The predicted octanol–water partition coefficient (Wildman–Crippen LogP) is 3.51. The van der Waals surface area contributed by atoms with Crippen molar-refractivity contribution in [2.75, 3.05) is 6.54 Å². The molecule has 122 valence electrons. The van der Waals surface area contributed by atoms with E-state index in [1.807, 2.05) is 0 Å². The normalized spacial score (nSPS) is 12.7. The monoisotopic (exact) mass is 305 g/mol. The third kappa shape index (κ3) is 6.74. The Morgan fingerprint density at radius 3 is 2.45 bits per heavy atom. The van der Waals surface area contributed by atoms with Crippen LogP contribution in [-0.4, -0.2) is 23.5 Å². The number of aromatic carboxylic acids is 1. The Bertz CT molecular complexity index is 517. The van der Waals surface area contributed by atoms with Crippen LogP contribution in [0, 0.1) is 11.3 Å². The van der Waals surface area contributed by atoms with Gasteiger partial charge in [-0.1, -0.05) is 45.9 Å². The Balaban J connectivity index is 2.43. The fourth-order valence-electron chi connectivity index (χ4n) is 2.72. The second-order valence-electron chi connectivity index (χ2n) is 7.15. The van der Waals surface area contributed by atoms with E-state index in [2.05, 4.69) is 33.0 Å². The zero-order chi connectivity index (χ0) is 16.8. The Labute approximate surface area is 132 Å². The highest BCUT2D eigenvalue weighted by atomic mass is 16.4. The van der Waals surface area contributed by atoms with Gasteiger partial charge in [-0.05, 0) is 35.8 Å². The second kappa shape index (κ2) is 7.97. The van der Waals surface area contributed by atoms with Crippen LogP contribution in [0.4, 0.5) is 0 Å². The van der Waals surface area contributed by atoms with E-state index in [4.69, 9.17) is 5.11 Å². The molecule has 1 aromatic carbocycles. The van der Waals surface area contributed by atoms with Gasteiger partial charge in [-0.25, -0.2) is 4.79 Å². The molecular weight excluding hydrogens is 278 g/mol. The zero-order valence-electron chi connectivity index (χ0n) is 14.0. The molecule has 0 spiro atoms. The number of nitrogens with one attached hydrogen (secondary N) is 1. The number of carbonyl (C=O) groups excluding carboxylic acids is 1. The van der Waals surface area contributed by atoms with Gasteiger partial charge in [0, 0.05) is 6.54 Å². The number of hydrogen-bond acceptors (Lipinski definition) is 2. The van der Waals surface area contributed by atoms with Gasteiger partial charge in [0.05, 0.1) is 12.0 Å². The molecule has 0 fully saturated rings. The molecule has 4 nitrogen and oxygen atoms in total. The van der Waals surface area contributed by atoms with Gasteiger partial charge >= 0.3 is 5.97 Å². The average molecular weight is 305 g/mol. The van der Waals surface area contributed by atoms with E-state index in [0.717, 1.165) is 12.8 Å². The number of benzene rings is 1. The van der Waals surface area contributed by atoms with Gasteiger partial charge in [-0.15, -0.1) is 0 Å². The Morgan fingerprint density at radius 1 is 1.23 bits per heavy atom. The third-order valence-electron chi connectivity index (χ3n) is 3.52. The van der Waals surface area contributed by atoms with Crippen LogP contribution in [0.5, 0.6) is 0 Å². The molecule has 0 saturated carbocycles. The molecule has 0 bridgehead atoms. The Morgan fingerprint density at radius 2 is 1.86 bits per heavy atom. The fraction of sp³-hybridized carbons (Fsp3) is 0.556. The quantitative estimate of drug-likeness (QED) is 0.810. The molecule has 2 N–H and O–H groups in total. The van der Waals surface area contributed by atoms with E-state index in [0.29, 0.717) is 23.4 Å². The number of rotatable bonds is 7. The lowest BCUT2D eigenvalue weighted by Crippen LogP contribution is -2.28. The second-order valence-corrected chi connectivity index (χ2v) is 7.15. The summed E-state index contributed by atoms with van der Waals surface area (Å²) in [7, 11) is 0. The average Bonchev–Trinajstić information content (AvgIpc) is 2.36. The summed E-state index contributed by atoms with van der Waals surface area (Å²) in [4.78, 5) is 23.1. The minimum absolute atomic E-state index is 0.107. The minimum Gasteiger partial charge on any atom is -0.478 e.